The molecular weight excluding hydrogens is 456 g/mol. The molecule has 2 aromatic carbocycles. The maximum atomic E-state index is 13.5. The number of hydrogen-bond acceptors (Lipinski definition) is 5. The molecule has 1 saturated carbocycles. The van der Waals surface area contributed by atoms with Crippen molar-refractivity contribution < 1.29 is 17.9 Å². The normalized spacial score (nSPS) is 13.8. The average Bonchev–Trinajstić information content (AvgIpc) is 3.50. The van der Waals surface area contributed by atoms with E-state index >= 15 is 0 Å². The summed E-state index contributed by atoms with van der Waals surface area (Å²) >= 11 is 1.59. The molecule has 0 aliphatic heterocycles. The van der Waals surface area contributed by atoms with Gasteiger partial charge in [-0.2, -0.15) is 4.31 Å². The second-order valence-corrected chi connectivity index (χ2v) is 11.2. The number of rotatable bonds is 11. The number of sulfonamides is 1. The highest BCUT2D eigenvalue weighted by atomic mass is 32.2. The van der Waals surface area contributed by atoms with Crippen molar-refractivity contribution in [1.82, 2.24) is 9.21 Å². The quantitative estimate of drug-likeness (QED) is 0.405. The van der Waals surface area contributed by atoms with Gasteiger partial charge in [0.2, 0.25) is 15.9 Å². The fourth-order valence-electron chi connectivity index (χ4n) is 3.61. The molecule has 33 heavy (non-hydrogen) atoms. The highest BCUT2D eigenvalue weighted by molar-refractivity contribution is 7.89. The number of ether oxygens (including phenoxy) is 1. The molecule has 1 aliphatic carbocycles. The van der Waals surface area contributed by atoms with Gasteiger partial charge in [-0.05, 0) is 60.0 Å². The van der Waals surface area contributed by atoms with E-state index < -0.39 is 10.0 Å². The Morgan fingerprint density at radius 1 is 1.00 bits per heavy atom. The molecule has 0 spiro atoms. The molecule has 3 aromatic rings. The summed E-state index contributed by atoms with van der Waals surface area (Å²) in [5.74, 6) is 0.694. The zero-order valence-corrected chi connectivity index (χ0v) is 20.2. The van der Waals surface area contributed by atoms with Crippen LogP contribution in [0, 0.1) is 5.92 Å². The third-order valence-electron chi connectivity index (χ3n) is 5.66. The maximum Gasteiger partial charge on any atom is 0.243 e. The largest absolute Gasteiger partial charge is 0.497 e. The zero-order chi connectivity index (χ0) is 23.3. The SMILES string of the molecule is COc1ccc(S(=O)(=O)N(CC(=O)N(Cc2ccccc2)Cc2cccs2)CC2CC2)cc1. The van der Waals surface area contributed by atoms with E-state index in [0.29, 0.717) is 31.3 Å². The fourth-order valence-corrected chi connectivity index (χ4v) is 5.80. The Labute approximate surface area is 199 Å². The second-order valence-electron chi connectivity index (χ2n) is 8.23. The number of carbonyl (C=O) groups is 1. The molecule has 1 fully saturated rings. The molecule has 0 radical (unpaired) electrons. The summed E-state index contributed by atoms with van der Waals surface area (Å²) in [6, 6.07) is 20.0. The van der Waals surface area contributed by atoms with Gasteiger partial charge in [0, 0.05) is 18.0 Å². The zero-order valence-electron chi connectivity index (χ0n) is 18.6. The Balaban J connectivity index is 1.56. The van der Waals surface area contributed by atoms with Crippen LogP contribution in [-0.2, 0) is 27.9 Å². The predicted octanol–water partition coefficient (Wildman–Crippen LogP) is 4.39. The Hall–Kier alpha value is -2.68. The molecular formula is C25H28N2O4S2. The standard InChI is InChI=1S/C25H28N2O4S2/c1-31-22-11-13-24(14-12-22)33(29,30)27(17-21-9-10-21)19-25(28)26(18-23-8-5-15-32-23)16-20-6-3-2-4-7-20/h2-8,11-15,21H,9-10,16-19H2,1H3. The van der Waals surface area contributed by atoms with Crippen LogP contribution in [0.3, 0.4) is 0 Å². The molecule has 1 heterocycles. The number of carbonyl (C=O) groups excluding carboxylic acids is 1. The van der Waals surface area contributed by atoms with E-state index in [1.165, 1.54) is 23.5 Å². The van der Waals surface area contributed by atoms with Crippen LogP contribution >= 0.6 is 11.3 Å². The molecule has 174 valence electrons. The van der Waals surface area contributed by atoms with Crippen LogP contribution < -0.4 is 4.74 Å². The van der Waals surface area contributed by atoms with Gasteiger partial charge in [0.25, 0.3) is 0 Å². The van der Waals surface area contributed by atoms with E-state index in [4.69, 9.17) is 4.74 Å². The Morgan fingerprint density at radius 2 is 1.73 bits per heavy atom. The van der Waals surface area contributed by atoms with Gasteiger partial charge in [-0.3, -0.25) is 4.79 Å². The first kappa shape index (κ1) is 23.5. The van der Waals surface area contributed by atoms with Gasteiger partial charge in [0.05, 0.1) is 25.1 Å². The lowest BCUT2D eigenvalue weighted by molar-refractivity contribution is -0.132. The van der Waals surface area contributed by atoms with E-state index in [-0.39, 0.29) is 17.3 Å². The summed E-state index contributed by atoms with van der Waals surface area (Å²) in [5.41, 5.74) is 1.01. The van der Waals surface area contributed by atoms with Crippen LogP contribution in [0.1, 0.15) is 23.3 Å². The summed E-state index contributed by atoms with van der Waals surface area (Å²) in [4.78, 5) is 16.4. The molecule has 0 atom stereocenters. The minimum Gasteiger partial charge on any atom is -0.497 e. The summed E-state index contributed by atoms with van der Waals surface area (Å²) in [6.45, 7) is 1.06. The highest BCUT2D eigenvalue weighted by Gasteiger charge is 2.34. The number of methoxy groups -OCH3 is 1. The van der Waals surface area contributed by atoms with Gasteiger partial charge in [0.15, 0.2) is 0 Å². The number of benzene rings is 2. The molecule has 1 aromatic heterocycles. The van der Waals surface area contributed by atoms with Crippen molar-refractivity contribution in [2.24, 2.45) is 5.92 Å². The lowest BCUT2D eigenvalue weighted by atomic mass is 10.2. The summed E-state index contributed by atoms with van der Waals surface area (Å²) < 4.78 is 33.4. The van der Waals surface area contributed by atoms with Gasteiger partial charge in [-0.25, -0.2) is 8.42 Å². The smallest absolute Gasteiger partial charge is 0.243 e. The van der Waals surface area contributed by atoms with Crippen LogP contribution in [0.5, 0.6) is 5.75 Å². The van der Waals surface area contributed by atoms with E-state index in [1.807, 2.05) is 47.8 Å². The van der Waals surface area contributed by atoms with Crippen LogP contribution in [-0.4, -0.2) is 43.7 Å². The molecule has 4 rings (SSSR count). The van der Waals surface area contributed by atoms with Crippen molar-refractivity contribution in [3.05, 3.63) is 82.6 Å². The van der Waals surface area contributed by atoms with Gasteiger partial charge < -0.3 is 9.64 Å². The van der Waals surface area contributed by atoms with E-state index in [2.05, 4.69) is 0 Å². The number of hydrogen-bond donors (Lipinski definition) is 0. The molecule has 1 aliphatic rings. The third kappa shape index (κ3) is 6.22. The molecule has 8 heteroatoms. The molecule has 0 saturated heterocycles. The minimum absolute atomic E-state index is 0.171. The van der Waals surface area contributed by atoms with E-state index in [0.717, 1.165) is 23.3 Å². The Kier molecular flexibility index (Phi) is 7.47. The van der Waals surface area contributed by atoms with Crippen molar-refractivity contribution in [2.45, 2.75) is 30.8 Å². The Bertz CT molecular complexity index is 1140. The first-order valence-corrected chi connectivity index (χ1v) is 13.3. The topological polar surface area (TPSA) is 66.9 Å². The monoisotopic (exact) mass is 484 g/mol. The van der Waals surface area contributed by atoms with E-state index in [1.54, 1.807) is 28.4 Å². The first-order valence-electron chi connectivity index (χ1n) is 10.9. The summed E-state index contributed by atoms with van der Waals surface area (Å²) in [7, 11) is -2.27. The van der Waals surface area contributed by atoms with Gasteiger partial charge in [0.1, 0.15) is 5.75 Å². The molecule has 0 N–H and O–H groups in total. The van der Waals surface area contributed by atoms with Crippen molar-refractivity contribution in [2.75, 3.05) is 20.2 Å². The molecule has 1 amide bonds. The maximum absolute atomic E-state index is 13.5. The number of nitrogens with zero attached hydrogens (tertiary/aromatic N) is 2. The first-order chi connectivity index (χ1) is 16.0. The fraction of sp³-hybridized carbons (Fsp3) is 0.320. The van der Waals surface area contributed by atoms with Crippen LogP contribution in [0.15, 0.2) is 77.0 Å². The van der Waals surface area contributed by atoms with Crippen LogP contribution in [0.2, 0.25) is 0 Å². The van der Waals surface area contributed by atoms with Crippen molar-refractivity contribution >= 4 is 27.3 Å². The van der Waals surface area contributed by atoms with E-state index in [9.17, 15) is 13.2 Å². The van der Waals surface area contributed by atoms with Crippen molar-refractivity contribution in [3.8, 4) is 5.75 Å². The number of thiophene rings is 1. The van der Waals surface area contributed by atoms with Crippen molar-refractivity contribution in [1.29, 1.82) is 0 Å². The van der Waals surface area contributed by atoms with Crippen LogP contribution in [0.25, 0.3) is 0 Å². The molecule has 0 bridgehead atoms. The molecule has 6 nitrogen and oxygen atoms in total. The summed E-state index contributed by atoms with van der Waals surface area (Å²) in [5, 5.41) is 1.98. The third-order valence-corrected chi connectivity index (χ3v) is 8.35. The Morgan fingerprint density at radius 3 is 2.33 bits per heavy atom. The lowest BCUT2D eigenvalue weighted by Gasteiger charge is -2.27. The van der Waals surface area contributed by atoms with Crippen LogP contribution in [0.4, 0.5) is 0 Å². The lowest BCUT2D eigenvalue weighted by Crippen LogP contribution is -2.43. The van der Waals surface area contributed by atoms with Gasteiger partial charge in [-0.15, -0.1) is 11.3 Å². The minimum atomic E-state index is -3.81. The summed E-state index contributed by atoms with van der Waals surface area (Å²) in [6.07, 6.45) is 1.98. The van der Waals surface area contributed by atoms with Gasteiger partial charge in [-0.1, -0.05) is 36.4 Å². The van der Waals surface area contributed by atoms with Crippen molar-refractivity contribution in [3.63, 3.8) is 0 Å². The number of amides is 1. The second kappa shape index (κ2) is 10.5. The average molecular weight is 485 g/mol. The predicted molar refractivity (Wildman–Crippen MR) is 129 cm³/mol. The molecule has 0 unspecified atom stereocenters. The highest BCUT2D eigenvalue weighted by Crippen LogP contribution is 2.32. The van der Waals surface area contributed by atoms with Gasteiger partial charge >= 0.3 is 0 Å².